The Morgan fingerprint density at radius 1 is 0.875 bits per heavy atom. The summed E-state index contributed by atoms with van der Waals surface area (Å²) in [5.41, 5.74) is 5.84. The lowest BCUT2D eigenvalue weighted by molar-refractivity contribution is 0.0729. The van der Waals surface area contributed by atoms with Gasteiger partial charge in [0.05, 0.1) is 23.9 Å². The Morgan fingerprint density at radius 3 is 2.42 bits per heavy atom. The number of aromatic nitrogens is 1. The van der Waals surface area contributed by atoms with Crippen LogP contribution >= 0.6 is 34.8 Å². The van der Waals surface area contributed by atoms with Crippen molar-refractivity contribution in [3.63, 3.8) is 0 Å². The lowest BCUT2D eigenvalue weighted by atomic mass is 10.0. The Bertz CT molecular complexity index is 1780. The van der Waals surface area contributed by atoms with Crippen LogP contribution in [0, 0.1) is 0 Å². The topological polar surface area (TPSA) is 92.8 Å². The SMILES string of the molecule is COc1cc(C=NNC(=O)c2[nH]c3ccccc3c2-c2ccccc2Cl)ccc1OC(=O)c1ccc(Cl)cc1Cl. The molecule has 4 aromatic carbocycles. The predicted molar refractivity (Wildman–Crippen MR) is 158 cm³/mol. The fourth-order valence-electron chi connectivity index (χ4n) is 4.14. The molecule has 5 rings (SSSR count). The number of nitrogens with one attached hydrogen (secondary N) is 2. The maximum atomic E-state index is 13.2. The first-order valence-corrected chi connectivity index (χ1v) is 13.0. The van der Waals surface area contributed by atoms with Crippen molar-refractivity contribution in [3.05, 3.63) is 117 Å². The lowest BCUT2D eigenvalue weighted by Gasteiger charge is -2.10. The van der Waals surface area contributed by atoms with Crippen molar-refractivity contribution >= 4 is 63.8 Å². The quantitative estimate of drug-likeness (QED) is 0.0873. The van der Waals surface area contributed by atoms with Gasteiger partial charge in [-0.05, 0) is 54.1 Å². The van der Waals surface area contributed by atoms with Gasteiger partial charge >= 0.3 is 5.97 Å². The molecule has 0 saturated carbocycles. The van der Waals surface area contributed by atoms with Crippen molar-refractivity contribution in [2.45, 2.75) is 0 Å². The Balaban J connectivity index is 1.35. The Kier molecular flexibility index (Phi) is 8.07. The monoisotopic (exact) mass is 591 g/mol. The fourth-order valence-corrected chi connectivity index (χ4v) is 4.85. The third kappa shape index (κ3) is 5.67. The smallest absolute Gasteiger partial charge is 0.345 e. The Morgan fingerprint density at radius 2 is 1.65 bits per heavy atom. The fraction of sp³-hybridized carbons (Fsp3) is 0.0333. The number of nitrogens with zero attached hydrogens (tertiary/aromatic N) is 1. The predicted octanol–water partition coefficient (Wildman–Crippen LogP) is 7.79. The summed E-state index contributed by atoms with van der Waals surface area (Å²) >= 11 is 18.5. The standard InChI is InChI=1S/C30H20Cl3N3O4/c1-39-26-14-17(10-13-25(26)40-30(38)20-12-11-18(31)15-23(20)33)16-34-36-29(37)28-27(19-6-2-4-8-22(19)32)21-7-3-5-9-24(21)35-28/h2-16,35H,1H3,(H,36,37). The molecule has 0 saturated heterocycles. The summed E-state index contributed by atoms with van der Waals surface area (Å²) in [4.78, 5) is 29.0. The first kappa shape index (κ1) is 27.3. The van der Waals surface area contributed by atoms with Crippen LogP contribution in [0.25, 0.3) is 22.0 Å². The van der Waals surface area contributed by atoms with Gasteiger partial charge in [-0.2, -0.15) is 5.10 Å². The largest absolute Gasteiger partial charge is 0.493 e. The zero-order chi connectivity index (χ0) is 28.2. The van der Waals surface area contributed by atoms with Crippen LogP contribution in [-0.4, -0.2) is 30.2 Å². The van der Waals surface area contributed by atoms with Gasteiger partial charge in [-0.1, -0.05) is 71.2 Å². The molecule has 1 heterocycles. The van der Waals surface area contributed by atoms with E-state index in [-0.39, 0.29) is 22.1 Å². The number of amides is 1. The minimum absolute atomic E-state index is 0.162. The molecule has 2 N–H and O–H groups in total. The second-order valence-electron chi connectivity index (χ2n) is 8.52. The molecule has 0 spiro atoms. The van der Waals surface area contributed by atoms with Crippen molar-refractivity contribution in [3.8, 4) is 22.6 Å². The number of carbonyl (C=O) groups excluding carboxylic acids is 2. The first-order valence-electron chi connectivity index (χ1n) is 11.9. The van der Waals surface area contributed by atoms with E-state index in [0.29, 0.717) is 26.9 Å². The summed E-state index contributed by atoms with van der Waals surface area (Å²) in [6.45, 7) is 0. The van der Waals surface area contributed by atoms with Gasteiger partial charge in [0.25, 0.3) is 5.91 Å². The van der Waals surface area contributed by atoms with E-state index in [9.17, 15) is 9.59 Å². The van der Waals surface area contributed by atoms with Crippen LogP contribution in [0.3, 0.4) is 0 Å². The number of esters is 1. The van der Waals surface area contributed by atoms with Gasteiger partial charge in [-0.3, -0.25) is 4.79 Å². The van der Waals surface area contributed by atoms with E-state index in [1.165, 1.54) is 25.5 Å². The number of ether oxygens (including phenoxy) is 2. The second kappa shape index (κ2) is 11.8. The second-order valence-corrected chi connectivity index (χ2v) is 9.77. The van der Waals surface area contributed by atoms with Crippen LogP contribution in [0.1, 0.15) is 26.4 Å². The third-order valence-corrected chi connectivity index (χ3v) is 6.87. The highest BCUT2D eigenvalue weighted by atomic mass is 35.5. The van der Waals surface area contributed by atoms with Gasteiger partial charge in [0.1, 0.15) is 5.69 Å². The maximum absolute atomic E-state index is 13.2. The highest BCUT2D eigenvalue weighted by Gasteiger charge is 2.21. The molecule has 10 heteroatoms. The van der Waals surface area contributed by atoms with E-state index in [0.717, 1.165) is 16.5 Å². The molecular weight excluding hydrogens is 573 g/mol. The van der Waals surface area contributed by atoms with Crippen LogP contribution in [-0.2, 0) is 0 Å². The maximum Gasteiger partial charge on any atom is 0.345 e. The van der Waals surface area contributed by atoms with E-state index in [1.807, 2.05) is 42.5 Å². The van der Waals surface area contributed by atoms with Crippen molar-refractivity contribution in [1.29, 1.82) is 0 Å². The molecule has 1 aromatic heterocycles. The molecule has 0 fully saturated rings. The zero-order valence-corrected chi connectivity index (χ0v) is 23.1. The van der Waals surface area contributed by atoms with Gasteiger partial charge in [0.2, 0.25) is 0 Å². The third-order valence-electron chi connectivity index (χ3n) is 6.00. The van der Waals surface area contributed by atoms with Crippen LogP contribution in [0.15, 0.2) is 90.0 Å². The number of H-pyrrole nitrogens is 1. The van der Waals surface area contributed by atoms with E-state index >= 15 is 0 Å². The molecule has 0 aliphatic heterocycles. The molecule has 40 heavy (non-hydrogen) atoms. The molecule has 0 aliphatic rings. The zero-order valence-electron chi connectivity index (χ0n) is 20.9. The number of hydrazone groups is 1. The van der Waals surface area contributed by atoms with E-state index in [1.54, 1.807) is 30.3 Å². The number of hydrogen-bond donors (Lipinski definition) is 2. The average Bonchev–Trinajstić information content (AvgIpc) is 3.33. The summed E-state index contributed by atoms with van der Waals surface area (Å²) in [6, 6.07) is 24.2. The summed E-state index contributed by atoms with van der Waals surface area (Å²) < 4.78 is 10.9. The molecule has 0 aliphatic carbocycles. The summed E-state index contributed by atoms with van der Waals surface area (Å²) in [5.74, 6) is -0.645. The molecule has 0 radical (unpaired) electrons. The summed E-state index contributed by atoms with van der Waals surface area (Å²) in [7, 11) is 1.44. The molecule has 7 nitrogen and oxygen atoms in total. The molecule has 0 unspecified atom stereocenters. The van der Waals surface area contributed by atoms with Crippen LogP contribution < -0.4 is 14.9 Å². The normalized spacial score (nSPS) is 11.1. The highest BCUT2D eigenvalue weighted by molar-refractivity contribution is 6.36. The van der Waals surface area contributed by atoms with Gasteiger partial charge < -0.3 is 14.5 Å². The highest BCUT2D eigenvalue weighted by Crippen LogP contribution is 2.36. The molecule has 1 amide bonds. The number of carbonyl (C=O) groups is 2. The molecular formula is C30H20Cl3N3O4. The number of para-hydroxylation sites is 1. The first-order chi connectivity index (χ1) is 19.4. The average molecular weight is 593 g/mol. The van der Waals surface area contributed by atoms with Gasteiger partial charge in [-0.15, -0.1) is 0 Å². The minimum Gasteiger partial charge on any atom is -0.493 e. The van der Waals surface area contributed by atoms with Crippen LogP contribution in [0.2, 0.25) is 15.1 Å². The number of hydrogen-bond acceptors (Lipinski definition) is 5. The number of aromatic amines is 1. The number of rotatable bonds is 7. The van der Waals surface area contributed by atoms with Gasteiger partial charge in [-0.25, -0.2) is 10.2 Å². The van der Waals surface area contributed by atoms with E-state index < -0.39 is 11.9 Å². The number of halogens is 3. The van der Waals surface area contributed by atoms with E-state index in [4.69, 9.17) is 44.3 Å². The van der Waals surface area contributed by atoms with Crippen molar-refractivity contribution in [2.75, 3.05) is 7.11 Å². The summed E-state index contributed by atoms with van der Waals surface area (Å²) in [6.07, 6.45) is 1.44. The molecule has 0 atom stereocenters. The summed E-state index contributed by atoms with van der Waals surface area (Å²) in [5, 5.41) is 6.07. The molecule has 0 bridgehead atoms. The van der Waals surface area contributed by atoms with Gasteiger partial charge in [0, 0.05) is 32.1 Å². The number of fused-ring (bicyclic) bond motifs is 1. The minimum atomic E-state index is -0.665. The van der Waals surface area contributed by atoms with Crippen molar-refractivity contribution in [1.82, 2.24) is 10.4 Å². The Hall–Kier alpha value is -4.30. The lowest BCUT2D eigenvalue weighted by Crippen LogP contribution is -2.19. The molecule has 200 valence electrons. The van der Waals surface area contributed by atoms with Gasteiger partial charge in [0.15, 0.2) is 11.5 Å². The van der Waals surface area contributed by atoms with E-state index in [2.05, 4.69) is 15.5 Å². The van der Waals surface area contributed by atoms with Crippen molar-refractivity contribution in [2.24, 2.45) is 5.10 Å². The van der Waals surface area contributed by atoms with Crippen LogP contribution in [0.4, 0.5) is 0 Å². The molecule has 5 aromatic rings. The Labute approximate surface area is 244 Å². The van der Waals surface area contributed by atoms with Crippen LogP contribution in [0.5, 0.6) is 11.5 Å². The number of benzene rings is 4. The van der Waals surface area contributed by atoms with Crippen molar-refractivity contribution < 1.29 is 19.1 Å². The number of methoxy groups -OCH3 is 1.